The van der Waals surface area contributed by atoms with Crippen molar-refractivity contribution in [2.24, 2.45) is 0 Å². The summed E-state index contributed by atoms with van der Waals surface area (Å²) in [6.45, 7) is 0.632. The van der Waals surface area contributed by atoms with Crippen LogP contribution >= 0.6 is 0 Å². The van der Waals surface area contributed by atoms with Gasteiger partial charge in [0.1, 0.15) is 6.04 Å². The number of methoxy groups -OCH3 is 2. The largest absolute Gasteiger partial charge is 0.493 e. The number of aromatic nitrogens is 1. The van der Waals surface area contributed by atoms with Crippen LogP contribution in [0.1, 0.15) is 11.6 Å². The van der Waals surface area contributed by atoms with E-state index in [1.807, 2.05) is 18.2 Å². The van der Waals surface area contributed by atoms with Gasteiger partial charge in [-0.15, -0.1) is 0 Å². The SMILES string of the molecule is COc1ccc([C@@H](CNc2ccc([N+](=O)[O-])c3cnccc23)[NH+](C)C)cc1OC. The van der Waals surface area contributed by atoms with E-state index in [0.29, 0.717) is 23.4 Å². The number of rotatable bonds is 8. The number of pyridine rings is 1. The number of fused-ring (bicyclic) bond motifs is 1. The topological polar surface area (TPSA) is 91.0 Å². The van der Waals surface area contributed by atoms with Gasteiger partial charge in [-0.2, -0.15) is 0 Å². The van der Waals surface area contributed by atoms with Crippen molar-refractivity contribution in [3.8, 4) is 11.5 Å². The Morgan fingerprint density at radius 1 is 1.10 bits per heavy atom. The zero-order valence-corrected chi connectivity index (χ0v) is 16.9. The molecule has 0 bridgehead atoms. The smallest absolute Gasteiger partial charge is 0.278 e. The monoisotopic (exact) mass is 397 g/mol. The Bertz CT molecular complexity index is 1020. The van der Waals surface area contributed by atoms with E-state index in [1.165, 1.54) is 17.2 Å². The lowest BCUT2D eigenvalue weighted by Gasteiger charge is -2.24. The second kappa shape index (κ2) is 8.74. The Labute approximate surface area is 169 Å². The molecule has 2 N–H and O–H groups in total. The number of quaternary nitrogens is 1. The number of nitrogens with zero attached hydrogens (tertiary/aromatic N) is 2. The summed E-state index contributed by atoms with van der Waals surface area (Å²) in [7, 11) is 7.40. The Balaban J connectivity index is 1.91. The summed E-state index contributed by atoms with van der Waals surface area (Å²) in [5.74, 6) is 1.37. The number of anilines is 1. The third kappa shape index (κ3) is 4.22. The van der Waals surface area contributed by atoms with Crippen molar-refractivity contribution >= 4 is 22.1 Å². The number of ether oxygens (including phenoxy) is 2. The standard InChI is InChI=1S/C21H24N4O4/c1-24(2)19(14-5-8-20(28-3)21(11-14)29-4)13-23-17-6-7-18(25(26)27)16-12-22-10-9-15(16)17/h5-12,19,23H,13H2,1-4H3/p+1/t19-/m1/s1. The van der Waals surface area contributed by atoms with Crippen LogP contribution in [0, 0.1) is 10.1 Å². The summed E-state index contributed by atoms with van der Waals surface area (Å²) in [5.41, 5.74) is 1.98. The van der Waals surface area contributed by atoms with Gasteiger partial charge in [-0.25, -0.2) is 0 Å². The lowest BCUT2D eigenvalue weighted by atomic mass is 10.0. The maximum Gasteiger partial charge on any atom is 0.278 e. The highest BCUT2D eigenvalue weighted by Crippen LogP contribution is 2.32. The lowest BCUT2D eigenvalue weighted by molar-refractivity contribution is -0.890. The van der Waals surface area contributed by atoms with Gasteiger partial charge in [0.15, 0.2) is 11.5 Å². The van der Waals surface area contributed by atoms with Crippen molar-refractivity contribution < 1.29 is 19.3 Å². The summed E-state index contributed by atoms with van der Waals surface area (Å²) in [4.78, 5) is 16.2. The maximum atomic E-state index is 11.3. The van der Waals surface area contributed by atoms with Gasteiger partial charge in [-0.05, 0) is 30.3 Å². The summed E-state index contributed by atoms with van der Waals surface area (Å²) in [5, 5.41) is 16.1. The molecule has 0 saturated heterocycles. The van der Waals surface area contributed by atoms with E-state index in [4.69, 9.17) is 9.47 Å². The number of non-ortho nitro benzene ring substituents is 1. The zero-order chi connectivity index (χ0) is 21.0. The summed E-state index contributed by atoms with van der Waals surface area (Å²) in [6, 6.07) is 11.1. The minimum atomic E-state index is -0.385. The number of hydrogen-bond donors (Lipinski definition) is 2. The number of likely N-dealkylation sites (N-methyl/N-ethyl adjacent to an activating group) is 1. The second-order valence-corrected chi connectivity index (χ2v) is 6.94. The number of nitro benzene ring substituents is 1. The van der Waals surface area contributed by atoms with Crippen molar-refractivity contribution in [2.75, 3.05) is 40.2 Å². The van der Waals surface area contributed by atoms with Gasteiger partial charge >= 0.3 is 0 Å². The molecule has 8 nitrogen and oxygen atoms in total. The molecule has 0 aliphatic heterocycles. The van der Waals surface area contributed by atoms with Gasteiger partial charge in [0.2, 0.25) is 0 Å². The highest BCUT2D eigenvalue weighted by molar-refractivity contribution is 5.99. The van der Waals surface area contributed by atoms with Crippen LogP contribution in [0.4, 0.5) is 11.4 Å². The van der Waals surface area contributed by atoms with E-state index in [9.17, 15) is 10.1 Å². The van der Waals surface area contributed by atoms with Gasteiger partial charge < -0.3 is 19.7 Å². The molecule has 3 aromatic rings. The number of benzene rings is 2. The number of nitrogens with one attached hydrogen (secondary N) is 2. The van der Waals surface area contributed by atoms with Gasteiger partial charge in [0, 0.05) is 35.1 Å². The molecule has 0 unspecified atom stereocenters. The first-order chi connectivity index (χ1) is 14.0. The van der Waals surface area contributed by atoms with Crippen molar-refractivity contribution in [2.45, 2.75) is 6.04 Å². The first-order valence-corrected chi connectivity index (χ1v) is 9.23. The molecule has 0 saturated carbocycles. The Morgan fingerprint density at radius 3 is 2.52 bits per heavy atom. The molecule has 1 aromatic heterocycles. The Morgan fingerprint density at radius 2 is 1.86 bits per heavy atom. The van der Waals surface area contributed by atoms with Crippen molar-refractivity contribution in [1.29, 1.82) is 0 Å². The first kappa shape index (κ1) is 20.3. The van der Waals surface area contributed by atoms with Crippen LogP contribution in [-0.4, -0.2) is 44.8 Å². The molecule has 0 spiro atoms. The third-order valence-corrected chi connectivity index (χ3v) is 5.00. The molecule has 0 aliphatic carbocycles. The molecular weight excluding hydrogens is 372 g/mol. The highest BCUT2D eigenvalue weighted by Gasteiger charge is 2.21. The van der Waals surface area contributed by atoms with Crippen LogP contribution in [0.15, 0.2) is 48.8 Å². The predicted octanol–water partition coefficient (Wildman–Crippen LogP) is 2.46. The fraction of sp³-hybridized carbons (Fsp3) is 0.286. The van der Waals surface area contributed by atoms with Crippen LogP contribution in [-0.2, 0) is 0 Å². The molecule has 2 aromatic carbocycles. The van der Waals surface area contributed by atoms with Gasteiger partial charge in [0.05, 0.1) is 45.2 Å². The van der Waals surface area contributed by atoms with E-state index >= 15 is 0 Å². The van der Waals surface area contributed by atoms with Crippen LogP contribution in [0.3, 0.4) is 0 Å². The predicted molar refractivity (Wildman–Crippen MR) is 112 cm³/mol. The van der Waals surface area contributed by atoms with Crippen LogP contribution < -0.4 is 19.7 Å². The number of hydrogen-bond acceptors (Lipinski definition) is 6. The van der Waals surface area contributed by atoms with Crippen molar-refractivity contribution in [1.82, 2.24) is 4.98 Å². The molecule has 0 aliphatic rings. The Kier molecular flexibility index (Phi) is 6.13. The lowest BCUT2D eigenvalue weighted by Crippen LogP contribution is -3.06. The van der Waals surface area contributed by atoms with E-state index < -0.39 is 0 Å². The molecule has 1 heterocycles. The van der Waals surface area contributed by atoms with E-state index in [0.717, 1.165) is 16.6 Å². The van der Waals surface area contributed by atoms with Gasteiger partial charge in [-0.1, -0.05) is 0 Å². The molecular formula is C21H25N4O4+. The summed E-state index contributed by atoms with van der Waals surface area (Å²) in [6.07, 6.45) is 3.17. The molecule has 0 radical (unpaired) electrons. The highest BCUT2D eigenvalue weighted by atomic mass is 16.6. The zero-order valence-electron chi connectivity index (χ0n) is 16.9. The fourth-order valence-corrected chi connectivity index (χ4v) is 3.43. The van der Waals surface area contributed by atoms with Crippen LogP contribution in [0.25, 0.3) is 10.8 Å². The molecule has 29 heavy (non-hydrogen) atoms. The average Bonchev–Trinajstić information content (AvgIpc) is 2.73. The molecule has 3 rings (SSSR count). The molecule has 8 heteroatoms. The van der Waals surface area contributed by atoms with Crippen molar-refractivity contribution in [3.05, 3.63) is 64.5 Å². The molecule has 1 atom stereocenters. The maximum absolute atomic E-state index is 11.3. The van der Waals surface area contributed by atoms with E-state index in [2.05, 4.69) is 24.4 Å². The van der Waals surface area contributed by atoms with E-state index in [1.54, 1.807) is 32.5 Å². The van der Waals surface area contributed by atoms with Crippen LogP contribution in [0.5, 0.6) is 11.5 Å². The summed E-state index contributed by atoms with van der Waals surface area (Å²) < 4.78 is 10.8. The van der Waals surface area contributed by atoms with Crippen molar-refractivity contribution in [3.63, 3.8) is 0 Å². The second-order valence-electron chi connectivity index (χ2n) is 6.94. The third-order valence-electron chi connectivity index (χ3n) is 5.00. The average molecular weight is 397 g/mol. The van der Waals surface area contributed by atoms with E-state index in [-0.39, 0.29) is 16.7 Å². The Hall–Kier alpha value is -3.39. The molecule has 0 amide bonds. The van der Waals surface area contributed by atoms with Gasteiger partial charge in [-0.3, -0.25) is 15.1 Å². The normalized spacial score (nSPS) is 12.0. The minimum Gasteiger partial charge on any atom is -0.493 e. The van der Waals surface area contributed by atoms with Crippen LogP contribution in [0.2, 0.25) is 0 Å². The quantitative estimate of drug-likeness (QED) is 0.448. The first-order valence-electron chi connectivity index (χ1n) is 9.23. The fourth-order valence-electron chi connectivity index (χ4n) is 3.43. The number of nitro groups is 1. The molecule has 152 valence electrons. The van der Waals surface area contributed by atoms with Gasteiger partial charge in [0.25, 0.3) is 5.69 Å². The minimum absolute atomic E-state index is 0.0494. The molecule has 0 fully saturated rings. The summed E-state index contributed by atoms with van der Waals surface area (Å²) >= 11 is 0.